The highest BCUT2D eigenvalue weighted by molar-refractivity contribution is 5.57. The lowest BCUT2D eigenvalue weighted by Crippen LogP contribution is -2.05. The number of benzene rings is 2. The third-order valence-electron chi connectivity index (χ3n) is 3.63. The Hall–Kier alpha value is -3.28. The van der Waals surface area contributed by atoms with Crippen molar-refractivity contribution in [1.82, 2.24) is 9.97 Å². The topological polar surface area (TPSA) is 68.3 Å². The second kappa shape index (κ2) is 8.01. The van der Waals surface area contributed by atoms with Gasteiger partial charge < -0.3 is 20.1 Å². The first-order chi connectivity index (χ1) is 12.3. The van der Waals surface area contributed by atoms with Crippen LogP contribution in [-0.4, -0.2) is 24.2 Å². The minimum Gasteiger partial charge on any atom is -0.497 e. The van der Waals surface area contributed by atoms with Crippen LogP contribution < -0.4 is 20.1 Å². The van der Waals surface area contributed by atoms with E-state index >= 15 is 0 Å². The smallest absolute Gasteiger partial charge is 0.224 e. The van der Waals surface area contributed by atoms with E-state index in [0.29, 0.717) is 12.5 Å². The van der Waals surface area contributed by atoms with E-state index in [1.54, 1.807) is 20.4 Å². The molecule has 0 unspecified atom stereocenters. The number of aromatic nitrogens is 2. The second-order valence-electron chi connectivity index (χ2n) is 5.32. The van der Waals surface area contributed by atoms with Crippen LogP contribution in [0.15, 0.2) is 60.8 Å². The van der Waals surface area contributed by atoms with Gasteiger partial charge in [0.15, 0.2) is 0 Å². The van der Waals surface area contributed by atoms with Crippen LogP contribution in [0.2, 0.25) is 0 Å². The van der Waals surface area contributed by atoms with Crippen molar-refractivity contribution in [2.24, 2.45) is 0 Å². The maximum Gasteiger partial charge on any atom is 0.224 e. The molecular weight excluding hydrogens is 316 g/mol. The highest BCUT2D eigenvalue weighted by Gasteiger charge is 2.01. The number of rotatable bonds is 7. The largest absolute Gasteiger partial charge is 0.497 e. The van der Waals surface area contributed by atoms with E-state index < -0.39 is 0 Å². The van der Waals surface area contributed by atoms with E-state index in [9.17, 15) is 0 Å². The number of hydrogen-bond acceptors (Lipinski definition) is 6. The summed E-state index contributed by atoms with van der Waals surface area (Å²) in [5.41, 5.74) is 2.05. The Kier molecular flexibility index (Phi) is 5.31. The van der Waals surface area contributed by atoms with Crippen LogP contribution in [0.25, 0.3) is 0 Å². The molecule has 3 rings (SSSR count). The lowest BCUT2D eigenvalue weighted by Gasteiger charge is -2.09. The molecule has 0 aliphatic rings. The van der Waals surface area contributed by atoms with Gasteiger partial charge in [0, 0.05) is 18.4 Å². The summed E-state index contributed by atoms with van der Waals surface area (Å²) in [6.45, 7) is 0.635. The van der Waals surface area contributed by atoms with Crippen molar-refractivity contribution in [2.45, 2.75) is 6.54 Å². The summed E-state index contributed by atoms with van der Waals surface area (Å²) >= 11 is 0. The summed E-state index contributed by atoms with van der Waals surface area (Å²) in [5.74, 6) is 2.94. The minimum absolute atomic E-state index is 0.564. The first-order valence-corrected chi connectivity index (χ1v) is 7.88. The molecule has 0 radical (unpaired) electrons. The molecule has 0 spiro atoms. The fourth-order valence-electron chi connectivity index (χ4n) is 2.26. The molecule has 0 atom stereocenters. The zero-order valence-electron chi connectivity index (χ0n) is 14.2. The van der Waals surface area contributed by atoms with Gasteiger partial charge in [0.1, 0.15) is 17.3 Å². The molecule has 0 bridgehead atoms. The van der Waals surface area contributed by atoms with Gasteiger partial charge in [-0.05, 0) is 48.0 Å². The zero-order valence-corrected chi connectivity index (χ0v) is 14.2. The van der Waals surface area contributed by atoms with Crippen LogP contribution in [0.3, 0.4) is 0 Å². The molecule has 2 N–H and O–H groups in total. The predicted octanol–water partition coefficient (Wildman–Crippen LogP) is 3.85. The van der Waals surface area contributed by atoms with Gasteiger partial charge >= 0.3 is 0 Å². The van der Waals surface area contributed by atoms with Gasteiger partial charge in [0.25, 0.3) is 0 Å². The number of methoxy groups -OCH3 is 2. The van der Waals surface area contributed by atoms with Crippen molar-refractivity contribution < 1.29 is 9.47 Å². The summed E-state index contributed by atoms with van der Waals surface area (Å²) in [6.07, 6.45) is 1.72. The Morgan fingerprint density at radius 2 is 1.48 bits per heavy atom. The average Bonchev–Trinajstić information content (AvgIpc) is 2.68. The van der Waals surface area contributed by atoms with Gasteiger partial charge in [-0.25, -0.2) is 4.98 Å². The number of nitrogens with zero attached hydrogens (tertiary/aromatic N) is 2. The van der Waals surface area contributed by atoms with Gasteiger partial charge in [-0.2, -0.15) is 4.98 Å². The Morgan fingerprint density at radius 1 is 0.840 bits per heavy atom. The molecule has 0 aliphatic heterocycles. The molecule has 0 aliphatic carbocycles. The van der Waals surface area contributed by atoms with Crippen LogP contribution in [0.5, 0.6) is 11.5 Å². The highest BCUT2D eigenvalue weighted by atomic mass is 16.5. The van der Waals surface area contributed by atoms with Crippen LogP contribution in [0.4, 0.5) is 17.5 Å². The van der Waals surface area contributed by atoms with E-state index in [-0.39, 0.29) is 0 Å². The summed E-state index contributed by atoms with van der Waals surface area (Å²) in [5, 5.41) is 6.47. The number of ether oxygens (including phenoxy) is 2. The van der Waals surface area contributed by atoms with Crippen LogP contribution >= 0.6 is 0 Å². The number of hydrogen-bond donors (Lipinski definition) is 2. The second-order valence-corrected chi connectivity index (χ2v) is 5.32. The Balaban J connectivity index is 1.62. The number of anilines is 3. The van der Waals surface area contributed by atoms with E-state index in [4.69, 9.17) is 9.47 Å². The molecule has 1 aromatic heterocycles. The zero-order chi connectivity index (χ0) is 17.5. The van der Waals surface area contributed by atoms with Gasteiger partial charge in [-0.1, -0.05) is 12.1 Å². The average molecular weight is 336 g/mol. The molecule has 6 heteroatoms. The molecule has 3 aromatic rings. The maximum atomic E-state index is 5.16. The normalized spacial score (nSPS) is 10.2. The van der Waals surface area contributed by atoms with Crippen LogP contribution in [0, 0.1) is 0 Å². The maximum absolute atomic E-state index is 5.16. The predicted molar refractivity (Wildman–Crippen MR) is 98.6 cm³/mol. The van der Waals surface area contributed by atoms with Gasteiger partial charge in [0.2, 0.25) is 5.95 Å². The molecule has 128 valence electrons. The minimum atomic E-state index is 0.564. The first kappa shape index (κ1) is 16.6. The molecule has 25 heavy (non-hydrogen) atoms. The van der Waals surface area contributed by atoms with Crippen molar-refractivity contribution in [1.29, 1.82) is 0 Å². The van der Waals surface area contributed by atoms with E-state index in [0.717, 1.165) is 28.6 Å². The van der Waals surface area contributed by atoms with Crippen molar-refractivity contribution in [2.75, 3.05) is 24.9 Å². The Labute approximate surface area is 146 Å². The monoisotopic (exact) mass is 336 g/mol. The Morgan fingerprint density at radius 3 is 2.12 bits per heavy atom. The summed E-state index contributed by atoms with van der Waals surface area (Å²) in [6, 6.07) is 17.4. The highest BCUT2D eigenvalue weighted by Crippen LogP contribution is 2.19. The van der Waals surface area contributed by atoms with Crippen molar-refractivity contribution in [3.8, 4) is 11.5 Å². The molecule has 2 aromatic carbocycles. The molecule has 0 amide bonds. The molecule has 6 nitrogen and oxygen atoms in total. The fourth-order valence-corrected chi connectivity index (χ4v) is 2.26. The third kappa shape index (κ3) is 4.60. The molecule has 1 heterocycles. The van der Waals surface area contributed by atoms with Crippen LogP contribution in [0.1, 0.15) is 5.56 Å². The van der Waals surface area contributed by atoms with Gasteiger partial charge in [-0.15, -0.1) is 0 Å². The lowest BCUT2D eigenvalue weighted by molar-refractivity contribution is 0.414. The standard InChI is InChI=1S/C19H20N4O2/c1-24-16-7-3-14(4-8-16)13-21-19-20-12-11-18(23-19)22-15-5-9-17(25-2)10-6-15/h3-12H,13H2,1-2H3,(H2,20,21,22,23). The van der Waals surface area contributed by atoms with E-state index in [2.05, 4.69) is 20.6 Å². The van der Waals surface area contributed by atoms with Crippen molar-refractivity contribution in [3.05, 3.63) is 66.4 Å². The van der Waals surface area contributed by atoms with Crippen LogP contribution in [-0.2, 0) is 6.54 Å². The first-order valence-electron chi connectivity index (χ1n) is 7.88. The van der Waals surface area contributed by atoms with Crippen molar-refractivity contribution >= 4 is 17.5 Å². The SMILES string of the molecule is COc1ccc(CNc2nccc(Nc3ccc(OC)cc3)n2)cc1. The summed E-state index contributed by atoms with van der Waals surface area (Å²) < 4.78 is 10.3. The Bertz CT molecular complexity index is 804. The van der Waals surface area contributed by atoms with E-state index in [1.165, 1.54) is 0 Å². The summed E-state index contributed by atoms with van der Waals surface area (Å²) in [7, 11) is 3.30. The summed E-state index contributed by atoms with van der Waals surface area (Å²) in [4.78, 5) is 8.72. The quantitative estimate of drug-likeness (QED) is 0.683. The van der Waals surface area contributed by atoms with Crippen molar-refractivity contribution in [3.63, 3.8) is 0 Å². The van der Waals surface area contributed by atoms with Gasteiger partial charge in [0.05, 0.1) is 14.2 Å². The van der Waals surface area contributed by atoms with Gasteiger partial charge in [-0.3, -0.25) is 0 Å². The van der Waals surface area contributed by atoms with E-state index in [1.807, 2.05) is 54.6 Å². The molecular formula is C19H20N4O2. The fraction of sp³-hybridized carbons (Fsp3) is 0.158. The molecule has 0 saturated heterocycles. The third-order valence-corrected chi connectivity index (χ3v) is 3.63. The molecule has 0 fully saturated rings. The lowest BCUT2D eigenvalue weighted by atomic mass is 10.2. The number of nitrogens with one attached hydrogen (secondary N) is 2. The molecule has 0 saturated carbocycles.